The average Bonchev–Trinajstić information content (AvgIpc) is 3.15. The van der Waals surface area contributed by atoms with Crippen LogP contribution in [-0.2, 0) is 16.8 Å². The topological polar surface area (TPSA) is 34.0 Å². The van der Waals surface area contributed by atoms with Gasteiger partial charge >= 0.3 is 0 Å². The molecule has 2 aromatic carbocycles. The van der Waals surface area contributed by atoms with E-state index < -0.39 is 5.54 Å². The zero-order chi connectivity index (χ0) is 15.6. The first-order valence-electron chi connectivity index (χ1n) is 7.58. The van der Waals surface area contributed by atoms with Crippen LogP contribution in [-0.4, -0.2) is 10.5 Å². The number of amides is 1. The Balaban J connectivity index is 1.87. The first-order chi connectivity index (χ1) is 11.2. The standard InChI is InChI=1S/C19H13FN2O/c20-15-8-3-7-14-17(15)21-18(23)19(14)11-12-5-1-2-6-13(12)16-9-4-10-22(16)19/h1-10H,11H2,(H,21,23). The van der Waals surface area contributed by atoms with Crippen LogP contribution in [0.5, 0.6) is 0 Å². The van der Waals surface area contributed by atoms with Crippen molar-refractivity contribution >= 4 is 11.6 Å². The minimum atomic E-state index is -0.912. The quantitative estimate of drug-likeness (QED) is 0.677. The molecule has 112 valence electrons. The number of benzene rings is 2. The Kier molecular flexibility index (Phi) is 2.25. The van der Waals surface area contributed by atoms with Crippen LogP contribution in [0.15, 0.2) is 60.8 Å². The largest absolute Gasteiger partial charge is 0.328 e. The Hall–Kier alpha value is -2.88. The van der Waals surface area contributed by atoms with Gasteiger partial charge in [0.05, 0.1) is 5.69 Å². The second-order valence-corrected chi connectivity index (χ2v) is 6.07. The second kappa shape index (κ2) is 4.10. The summed E-state index contributed by atoms with van der Waals surface area (Å²) in [6.45, 7) is 0. The van der Waals surface area contributed by atoms with Crippen LogP contribution >= 0.6 is 0 Å². The van der Waals surface area contributed by atoms with Gasteiger partial charge in [-0.2, -0.15) is 0 Å². The van der Waals surface area contributed by atoms with E-state index in [4.69, 9.17) is 0 Å². The average molecular weight is 304 g/mol. The molecule has 3 nitrogen and oxygen atoms in total. The van der Waals surface area contributed by atoms with Gasteiger partial charge in [0.2, 0.25) is 0 Å². The zero-order valence-corrected chi connectivity index (χ0v) is 12.2. The summed E-state index contributed by atoms with van der Waals surface area (Å²) in [5.41, 5.74) is 3.31. The van der Waals surface area contributed by atoms with Crippen molar-refractivity contribution in [3.63, 3.8) is 0 Å². The molecule has 0 bridgehead atoms. The van der Waals surface area contributed by atoms with Crippen molar-refractivity contribution in [3.8, 4) is 11.3 Å². The lowest BCUT2D eigenvalue weighted by Gasteiger charge is -2.36. The van der Waals surface area contributed by atoms with Crippen LogP contribution in [0.2, 0.25) is 0 Å². The fourth-order valence-corrected chi connectivity index (χ4v) is 3.97. The number of hydrogen-bond donors (Lipinski definition) is 1. The van der Waals surface area contributed by atoms with Gasteiger partial charge in [-0.15, -0.1) is 0 Å². The van der Waals surface area contributed by atoms with Crippen LogP contribution in [0.1, 0.15) is 11.1 Å². The number of carbonyl (C=O) groups excluding carboxylic acids is 1. The number of hydrogen-bond acceptors (Lipinski definition) is 1. The van der Waals surface area contributed by atoms with Gasteiger partial charge in [-0.25, -0.2) is 4.39 Å². The van der Waals surface area contributed by atoms with E-state index in [0.29, 0.717) is 17.7 Å². The SMILES string of the molecule is O=C1Nc2c(F)cccc2C12Cc1ccccc1-c1cccn12. The molecule has 5 rings (SSSR count). The van der Waals surface area contributed by atoms with E-state index >= 15 is 0 Å². The molecule has 1 aromatic heterocycles. The third-order valence-electron chi connectivity index (χ3n) is 4.97. The number of fused-ring (bicyclic) bond motifs is 6. The normalized spacial score (nSPS) is 20.8. The lowest BCUT2D eigenvalue weighted by atomic mass is 9.79. The molecular weight excluding hydrogens is 291 g/mol. The maximum Gasteiger partial charge on any atom is 0.255 e. The van der Waals surface area contributed by atoms with Gasteiger partial charge in [0, 0.05) is 29.4 Å². The highest BCUT2D eigenvalue weighted by Gasteiger charge is 2.51. The Bertz CT molecular complexity index is 975. The lowest BCUT2D eigenvalue weighted by molar-refractivity contribution is -0.121. The smallest absolute Gasteiger partial charge is 0.255 e. The fourth-order valence-electron chi connectivity index (χ4n) is 3.97. The number of carbonyl (C=O) groups is 1. The molecule has 1 spiro atoms. The Labute approximate surface area is 132 Å². The van der Waals surface area contributed by atoms with Gasteiger partial charge in [-0.3, -0.25) is 4.79 Å². The molecule has 0 aliphatic carbocycles. The van der Waals surface area contributed by atoms with Crippen molar-refractivity contribution in [1.82, 2.24) is 4.57 Å². The van der Waals surface area contributed by atoms with E-state index in [0.717, 1.165) is 16.8 Å². The summed E-state index contributed by atoms with van der Waals surface area (Å²) in [6.07, 6.45) is 2.43. The van der Waals surface area contributed by atoms with Crippen LogP contribution in [0.25, 0.3) is 11.3 Å². The number of para-hydroxylation sites is 1. The molecule has 0 saturated heterocycles. The Morgan fingerprint density at radius 1 is 1.04 bits per heavy atom. The molecule has 2 aliphatic heterocycles. The molecule has 0 saturated carbocycles. The lowest BCUT2D eigenvalue weighted by Crippen LogP contribution is -2.45. The van der Waals surface area contributed by atoms with E-state index in [-0.39, 0.29) is 11.7 Å². The number of rotatable bonds is 0. The van der Waals surface area contributed by atoms with Crippen molar-refractivity contribution in [2.24, 2.45) is 0 Å². The molecule has 3 heterocycles. The number of nitrogens with zero attached hydrogens (tertiary/aromatic N) is 1. The van der Waals surface area contributed by atoms with Crippen molar-refractivity contribution in [2.45, 2.75) is 12.0 Å². The first-order valence-corrected chi connectivity index (χ1v) is 7.58. The molecule has 4 heteroatoms. The highest BCUT2D eigenvalue weighted by molar-refractivity contribution is 6.07. The first kappa shape index (κ1) is 12.6. The summed E-state index contributed by atoms with van der Waals surface area (Å²) in [5, 5.41) is 2.75. The molecule has 1 unspecified atom stereocenters. The van der Waals surface area contributed by atoms with Crippen LogP contribution in [0, 0.1) is 5.82 Å². The zero-order valence-electron chi connectivity index (χ0n) is 12.2. The fraction of sp³-hybridized carbons (Fsp3) is 0.105. The minimum Gasteiger partial charge on any atom is -0.328 e. The summed E-state index contributed by atoms with van der Waals surface area (Å²) in [5.74, 6) is -0.565. The third-order valence-corrected chi connectivity index (χ3v) is 4.97. The van der Waals surface area contributed by atoms with E-state index in [2.05, 4.69) is 11.4 Å². The second-order valence-electron chi connectivity index (χ2n) is 6.07. The molecule has 3 aromatic rings. The van der Waals surface area contributed by atoms with Gasteiger partial charge < -0.3 is 9.88 Å². The third kappa shape index (κ3) is 1.41. The molecule has 0 fully saturated rings. The summed E-state index contributed by atoms with van der Waals surface area (Å²) in [7, 11) is 0. The maximum absolute atomic E-state index is 14.2. The number of nitrogens with one attached hydrogen (secondary N) is 1. The van der Waals surface area contributed by atoms with Gasteiger partial charge in [0.25, 0.3) is 5.91 Å². The van der Waals surface area contributed by atoms with Crippen molar-refractivity contribution in [1.29, 1.82) is 0 Å². The molecule has 23 heavy (non-hydrogen) atoms. The van der Waals surface area contributed by atoms with E-state index in [1.807, 2.05) is 47.2 Å². The number of aromatic nitrogens is 1. The summed E-state index contributed by atoms with van der Waals surface area (Å²) < 4.78 is 16.2. The predicted molar refractivity (Wildman–Crippen MR) is 85.7 cm³/mol. The summed E-state index contributed by atoms with van der Waals surface area (Å²) >= 11 is 0. The van der Waals surface area contributed by atoms with E-state index in [9.17, 15) is 9.18 Å². The molecule has 2 aliphatic rings. The van der Waals surface area contributed by atoms with Gasteiger partial charge in [0.1, 0.15) is 5.82 Å². The van der Waals surface area contributed by atoms with Crippen molar-refractivity contribution in [2.75, 3.05) is 5.32 Å². The van der Waals surface area contributed by atoms with Crippen molar-refractivity contribution in [3.05, 3.63) is 77.7 Å². The Morgan fingerprint density at radius 3 is 2.83 bits per heavy atom. The van der Waals surface area contributed by atoms with Crippen LogP contribution < -0.4 is 5.32 Å². The van der Waals surface area contributed by atoms with E-state index in [1.54, 1.807) is 6.07 Å². The highest BCUT2D eigenvalue weighted by atomic mass is 19.1. The molecule has 1 atom stereocenters. The molecule has 1 amide bonds. The highest BCUT2D eigenvalue weighted by Crippen LogP contribution is 2.48. The molecule has 1 N–H and O–H groups in total. The van der Waals surface area contributed by atoms with Crippen LogP contribution in [0.3, 0.4) is 0 Å². The Morgan fingerprint density at radius 2 is 1.91 bits per heavy atom. The number of anilines is 1. The van der Waals surface area contributed by atoms with Gasteiger partial charge in [0.15, 0.2) is 5.54 Å². The predicted octanol–water partition coefficient (Wildman–Crippen LogP) is 3.55. The van der Waals surface area contributed by atoms with Gasteiger partial charge in [-0.05, 0) is 23.8 Å². The molecule has 0 radical (unpaired) electrons. The number of halogens is 1. The molecular formula is C19H13FN2O. The van der Waals surface area contributed by atoms with Crippen molar-refractivity contribution < 1.29 is 9.18 Å². The minimum absolute atomic E-state index is 0.176. The van der Waals surface area contributed by atoms with E-state index in [1.165, 1.54) is 6.07 Å². The summed E-state index contributed by atoms with van der Waals surface area (Å²) in [6, 6.07) is 16.9. The van der Waals surface area contributed by atoms with Gasteiger partial charge in [-0.1, -0.05) is 36.4 Å². The maximum atomic E-state index is 14.2. The van der Waals surface area contributed by atoms with Crippen LogP contribution in [0.4, 0.5) is 10.1 Å². The summed E-state index contributed by atoms with van der Waals surface area (Å²) in [4.78, 5) is 12.9. The monoisotopic (exact) mass is 304 g/mol.